The van der Waals surface area contributed by atoms with Crippen LogP contribution in [0.15, 0.2) is 47.9 Å². The van der Waals surface area contributed by atoms with Crippen molar-refractivity contribution in [2.75, 3.05) is 0 Å². The SMILES string of the molecule is CCCCCC1=CCC=C1NNC(=O)c1cccnc1. The minimum atomic E-state index is -0.168. The third kappa shape index (κ3) is 3.95. The second kappa shape index (κ2) is 7.48. The molecular formula is C16H21N3O. The monoisotopic (exact) mass is 271 g/mol. The number of hydrogen-bond donors (Lipinski definition) is 2. The summed E-state index contributed by atoms with van der Waals surface area (Å²) in [6.45, 7) is 2.20. The first-order valence-electron chi connectivity index (χ1n) is 7.17. The predicted octanol–water partition coefficient (Wildman–Crippen LogP) is 3.11. The van der Waals surface area contributed by atoms with Crippen LogP contribution in [0.1, 0.15) is 49.4 Å². The van der Waals surface area contributed by atoms with Crippen LogP contribution in [0.25, 0.3) is 0 Å². The van der Waals surface area contributed by atoms with Crippen LogP contribution >= 0.6 is 0 Å². The predicted molar refractivity (Wildman–Crippen MR) is 79.8 cm³/mol. The molecule has 0 saturated heterocycles. The van der Waals surface area contributed by atoms with E-state index in [1.54, 1.807) is 24.5 Å². The lowest BCUT2D eigenvalue weighted by atomic mass is 10.1. The molecule has 0 radical (unpaired) electrons. The fraction of sp³-hybridized carbons (Fsp3) is 0.375. The third-order valence-corrected chi connectivity index (χ3v) is 3.32. The van der Waals surface area contributed by atoms with E-state index in [2.05, 4.69) is 34.9 Å². The number of pyridine rings is 1. The molecule has 1 aliphatic rings. The Morgan fingerprint density at radius 2 is 2.25 bits per heavy atom. The number of rotatable bonds is 7. The van der Waals surface area contributed by atoms with E-state index in [1.165, 1.54) is 24.8 Å². The standard InChI is InChI=1S/C16H21N3O/c1-2-3-4-7-13-8-5-10-15(13)18-19-16(20)14-9-6-11-17-12-14/h6,8-12,18H,2-5,7H2,1H3,(H,19,20). The van der Waals surface area contributed by atoms with Crippen molar-refractivity contribution >= 4 is 5.91 Å². The first-order valence-corrected chi connectivity index (χ1v) is 7.17. The average molecular weight is 271 g/mol. The molecule has 0 bridgehead atoms. The molecule has 0 spiro atoms. The first-order chi connectivity index (χ1) is 9.81. The number of allylic oxidation sites excluding steroid dienone is 3. The zero-order chi connectivity index (χ0) is 14.2. The maximum absolute atomic E-state index is 11.9. The van der Waals surface area contributed by atoms with E-state index in [1.807, 2.05) is 0 Å². The summed E-state index contributed by atoms with van der Waals surface area (Å²) in [5, 5.41) is 0. The van der Waals surface area contributed by atoms with Crippen LogP contribution in [0.2, 0.25) is 0 Å². The number of carbonyl (C=O) groups is 1. The lowest BCUT2D eigenvalue weighted by Gasteiger charge is -2.12. The van der Waals surface area contributed by atoms with Gasteiger partial charge in [-0.25, -0.2) is 0 Å². The van der Waals surface area contributed by atoms with Crippen LogP contribution in [0.3, 0.4) is 0 Å². The number of amides is 1. The van der Waals surface area contributed by atoms with Gasteiger partial charge >= 0.3 is 0 Å². The summed E-state index contributed by atoms with van der Waals surface area (Å²) in [6, 6.07) is 3.49. The van der Waals surface area contributed by atoms with Gasteiger partial charge in [-0.2, -0.15) is 0 Å². The highest BCUT2D eigenvalue weighted by molar-refractivity contribution is 5.93. The Labute approximate surface area is 120 Å². The van der Waals surface area contributed by atoms with Crippen LogP contribution in [0, 0.1) is 0 Å². The van der Waals surface area contributed by atoms with Gasteiger partial charge in [-0.05, 0) is 37.0 Å². The zero-order valence-corrected chi connectivity index (χ0v) is 11.9. The highest BCUT2D eigenvalue weighted by Crippen LogP contribution is 2.22. The molecule has 1 heterocycles. The molecule has 0 aromatic carbocycles. The Balaban J connectivity index is 1.82. The van der Waals surface area contributed by atoms with E-state index >= 15 is 0 Å². The summed E-state index contributed by atoms with van der Waals surface area (Å²) in [5.74, 6) is -0.168. The average Bonchev–Trinajstić information content (AvgIpc) is 2.93. The van der Waals surface area contributed by atoms with Crippen molar-refractivity contribution in [3.05, 3.63) is 53.5 Å². The quantitative estimate of drug-likeness (QED) is 0.592. The molecule has 1 aromatic rings. The first kappa shape index (κ1) is 14.3. The fourth-order valence-corrected chi connectivity index (χ4v) is 2.19. The molecule has 0 unspecified atom stereocenters. The van der Waals surface area contributed by atoms with Gasteiger partial charge in [-0.1, -0.05) is 31.9 Å². The normalized spacial score (nSPS) is 13.7. The molecule has 20 heavy (non-hydrogen) atoms. The van der Waals surface area contributed by atoms with Gasteiger partial charge < -0.3 is 0 Å². The molecular weight excluding hydrogens is 250 g/mol. The van der Waals surface area contributed by atoms with Gasteiger partial charge in [0.05, 0.1) is 11.3 Å². The van der Waals surface area contributed by atoms with E-state index in [-0.39, 0.29) is 5.91 Å². The van der Waals surface area contributed by atoms with Crippen molar-refractivity contribution in [3.8, 4) is 0 Å². The summed E-state index contributed by atoms with van der Waals surface area (Å²) in [7, 11) is 0. The van der Waals surface area contributed by atoms with E-state index in [4.69, 9.17) is 0 Å². The smallest absolute Gasteiger partial charge is 0.271 e. The minimum Gasteiger partial charge on any atom is -0.298 e. The largest absolute Gasteiger partial charge is 0.298 e. The Morgan fingerprint density at radius 3 is 3.00 bits per heavy atom. The maximum Gasteiger partial charge on any atom is 0.271 e. The van der Waals surface area contributed by atoms with Gasteiger partial charge in [0.25, 0.3) is 5.91 Å². The topological polar surface area (TPSA) is 54.0 Å². The number of carbonyl (C=O) groups excluding carboxylic acids is 1. The van der Waals surface area contributed by atoms with Crippen molar-refractivity contribution in [2.45, 2.75) is 39.0 Å². The van der Waals surface area contributed by atoms with Gasteiger partial charge in [-0.3, -0.25) is 20.6 Å². The summed E-state index contributed by atoms with van der Waals surface area (Å²) >= 11 is 0. The van der Waals surface area contributed by atoms with E-state index in [0.29, 0.717) is 5.56 Å². The molecule has 1 aromatic heterocycles. The lowest BCUT2D eigenvalue weighted by molar-refractivity contribution is 0.0939. The number of hydrogen-bond acceptors (Lipinski definition) is 3. The second-order valence-electron chi connectivity index (χ2n) is 4.86. The molecule has 4 heteroatoms. The number of unbranched alkanes of at least 4 members (excludes halogenated alkanes) is 2. The van der Waals surface area contributed by atoms with Crippen LogP contribution < -0.4 is 10.9 Å². The fourth-order valence-electron chi connectivity index (χ4n) is 2.19. The number of aromatic nitrogens is 1. The molecule has 0 fully saturated rings. The van der Waals surface area contributed by atoms with Crippen LogP contribution in [-0.2, 0) is 0 Å². The number of hydrazine groups is 1. The Bertz CT molecular complexity index is 506. The molecule has 1 amide bonds. The van der Waals surface area contributed by atoms with E-state index in [0.717, 1.165) is 18.5 Å². The zero-order valence-electron chi connectivity index (χ0n) is 11.9. The van der Waals surface area contributed by atoms with E-state index < -0.39 is 0 Å². The van der Waals surface area contributed by atoms with Gasteiger partial charge in [0.2, 0.25) is 0 Å². The van der Waals surface area contributed by atoms with Crippen molar-refractivity contribution < 1.29 is 4.79 Å². The van der Waals surface area contributed by atoms with Crippen molar-refractivity contribution in [1.29, 1.82) is 0 Å². The number of nitrogens with one attached hydrogen (secondary N) is 2. The summed E-state index contributed by atoms with van der Waals surface area (Å²) in [4.78, 5) is 15.8. The molecule has 106 valence electrons. The van der Waals surface area contributed by atoms with Gasteiger partial charge in [-0.15, -0.1) is 0 Å². The van der Waals surface area contributed by atoms with E-state index in [9.17, 15) is 4.79 Å². The van der Waals surface area contributed by atoms with Gasteiger partial charge in [0.15, 0.2) is 0 Å². The summed E-state index contributed by atoms with van der Waals surface area (Å²) < 4.78 is 0. The molecule has 1 aliphatic carbocycles. The number of nitrogens with zero attached hydrogens (tertiary/aromatic N) is 1. The van der Waals surface area contributed by atoms with Crippen LogP contribution in [-0.4, -0.2) is 10.9 Å². The van der Waals surface area contributed by atoms with Crippen LogP contribution in [0.4, 0.5) is 0 Å². The molecule has 0 saturated carbocycles. The molecule has 2 rings (SSSR count). The highest BCUT2D eigenvalue weighted by Gasteiger charge is 2.11. The Morgan fingerprint density at radius 1 is 1.35 bits per heavy atom. The van der Waals surface area contributed by atoms with Gasteiger partial charge in [0.1, 0.15) is 0 Å². The van der Waals surface area contributed by atoms with Gasteiger partial charge in [0, 0.05) is 12.4 Å². The minimum absolute atomic E-state index is 0.168. The summed E-state index contributed by atoms with van der Waals surface area (Å²) in [6.07, 6.45) is 13.2. The van der Waals surface area contributed by atoms with Crippen molar-refractivity contribution in [3.63, 3.8) is 0 Å². The molecule has 0 atom stereocenters. The Hall–Kier alpha value is -2.10. The third-order valence-electron chi connectivity index (χ3n) is 3.32. The molecule has 2 N–H and O–H groups in total. The maximum atomic E-state index is 11.9. The summed E-state index contributed by atoms with van der Waals surface area (Å²) in [5.41, 5.74) is 8.62. The van der Waals surface area contributed by atoms with Crippen LogP contribution in [0.5, 0.6) is 0 Å². The van der Waals surface area contributed by atoms with Crippen molar-refractivity contribution in [2.24, 2.45) is 0 Å². The molecule has 4 nitrogen and oxygen atoms in total. The Kier molecular flexibility index (Phi) is 5.35. The lowest BCUT2D eigenvalue weighted by Crippen LogP contribution is -2.36. The van der Waals surface area contributed by atoms with Crippen molar-refractivity contribution in [1.82, 2.24) is 15.8 Å². The highest BCUT2D eigenvalue weighted by atomic mass is 16.2. The second-order valence-corrected chi connectivity index (χ2v) is 4.86. The molecule has 0 aliphatic heterocycles.